The third-order valence-corrected chi connectivity index (χ3v) is 2.72. The van der Waals surface area contributed by atoms with Crippen LogP contribution in [0.5, 0.6) is 0 Å². The van der Waals surface area contributed by atoms with Crippen molar-refractivity contribution in [1.82, 2.24) is 9.78 Å². The molecule has 1 N–H and O–H groups in total. The van der Waals surface area contributed by atoms with E-state index in [0.717, 1.165) is 24.5 Å². The molecule has 4 heteroatoms. The monoisotopic (exact) mass is 225 g/mol. The Balaban J connectivity index is 2.46. The topological polar surface area (TPSA) is 39.1 Å². The zero-order valence-corrected chi connectivity index (χ0v) is 10.8. The predicted octanol–water partition coefficient (Wildman–Crippen LogP) is 2.48. The summed E-state index contributed by atoms with van der Waals surface area (Å²) in [5.41, 5.74) is 2.21. The maximum absolute atomic E-state index is 5.67. The van der Waals surface area contributed by atoms with Crippen molar-refractivity contribution in [3.63, 3.8) is 0 Å². The Morgan fingerprint density at radius 3 is 2.75 bits per heavy atom. The van der Waals surface area contributed by atoms with Crippen LogP contribution >= 0.6 is 0 Å². The van der Waals surface area contributed by atoms with Gasteiger partial charge in [0.1, 0.15) is 5.82 Å². The highest BCUT2D eigenvalue weighted by molar-refractivity contribution is 5.46. The smallest absolute Gasteiger partial charge is 0.129 e. The second-order valence-electron chi connectivity index (χ2n) is 4.05. The van der Waals surface area contributed by atoms with Crippen molar-refractivity contribution in [2.75, 3.05) is 19.0 Å². The molecule has 0 unspecified atom stereocenters. The van der Waals surface area contributed by atoms with E-state index in [1.54, 1.807) is 0 Å². The lowest BCUT2D eigenvalue weighted by Gasteiger charge is -2.06. The van der Waals surface area contributed by atoms with Gasteiger partial charge in [0.2, 0.25) is 0 Å². The molecule has 0 radical (unpaired) electrons. The molecule has 1 rings (SSSR count). The average Bonchev–Trinajstić information content (AvgIpc) is 2.53. The molecule has 0 aliphatic heterocycles. The van der Waals surface area contributed by atoms with E-state index in [0.29, 0.717) is 6.61 Å². The first-order valence-corrected chi connectivity index (χ1v) is 5.98. The molecule has 1 heterocycles. The lowest BCUT2D eigenvalue weighted by molar-refractivity contribution is 0.117. The van der Waals surface area contributed by atoms with Gasteiger partial charge in [-0.3, -0.25) is 4.68 Å². The third kappa shape index (κ3) is 3.23. The van der Waals surface area contributed by atoms with E-state index in [9.17, 15) is 0 Å². The molecule has 4 nitrogen and oxygen atoms in total. The fourth-order valence-electron chi connectivity index (χ4n) is 1.82. The minimum atomic E-state index is 0.652. The molecule has 0 atom stereocenters. The van der Waals surface area contributed by atoms with Gasteiger partial charge < -0.3 is 10.1 Å². The van der Waals surface area contributed by atoms with Crippen molar-refractivity contribution < 1.29 is 4.74 Å². The first-order valence-electron chi connectivity index (χ1n) is 5.98. The summed E-state index contributed by atoms with van der Waals surface area (Å²) in [4.78, 5) is 0. The number of nitrogens with one attached hydrogen (secondary N) is 1. The molecule has 0 aliphatic carbocycles. The molecule has 0 spiro atoms. The third-order valence-electron chi connectivity index (χ3n) is 2.72. The molecule has 0 bridgehead atoms. The Hall–Kier alpha value is -1.03. The van der Waals surface area contributed by atoms with Crippen molar-refractivity contribution in [3.8, 4) is 0 Å². The van der Waals surface area contributed by atoms with E-state index in [2.05, 4.69) is 17.3 Å². The number of hydrogen-bond acceptors (Lipinski definition) is 3. The molecule has 16 heavy (non-hydrogen) atoms. The minimum Gasteiger partial charge on any atom is -0.377 e. The molecule has 92 valence electrons. The molecule has 0 aliphatic rings. The maximum Gasteiger partial charge on any atom is 0.129 e. The number of rotatable bonds is 7. The van der Waals surface area contributed by atoms with Crippen molar-refractivity contribution >= 4 is 5.82 Å². The van der Waals surface area contributed by atoms with Gasteiger partial charge >= 0.3 is 0 Å². The molecule has 0 saturated heterocycles. The molecule has 0 amide bonds. The van der Waals surface area contributed by atoms with Crippen LogP contribution in [0.3, 0.4) is 0 Å². The van der Waals surface area contributed by atoms with E-state index in [1.165, 1.54) is 18.4 Å². The van der Waals surface area contributed by atoms with E-state index >= 15 is 0 Å². The summed E-state index contributed by atoms with van der Waals surface area (Å²) in [7, 11) is 3.86. The molecule has 0 saturated carbocycles. The van der Waals surface area contributed by atoms with Gasteiger partial charge in [-0.15, -0.1) is 0 Å². The summed E-state index contributed by atoms with van der Waals surface area (Å²) in [6.45, 7) is 5.71. The Bertz CT molecular complexity index is 320. The van der Waals surface area contributed by atoms with Crippen LogP contribution in [0.25, 0.3) is 0 Å². The van der Waals surface area contributed by atoms with Gasteiger partial charge in [0.05, 0.1) is 12.3 Å². The number of hydrogen-bond donors (Lipinski definition) is 1. The SMILES string of the molecule is CCCCCOCc1c(C)nn(C)c1NC. The zero-order chi connectivity index (χ0) is 12.0. The summed E-state index contributed by atoms with van der Waals surface area (Å²) in [6.07, 6.45) is 3.62. The van der Waals surface area contributed by atoms with E-state index in [1.807, 2.05) is 25.7 Å². The Labute approximate surface area is 98.0 Å². The quantitative estimate of drug-likeness (QED) is 0.725. The van der Waals surface area contributed by atoms with Crippen LogP contribution in [0.15, 0.2) is 0 Å². The van der Waals surface area contributed by atoms with Crippen molar-refractivity contribution in [1.29, 1.82) is 0 Å². The number of aryl methyl sites for hydroxylation is 2. The van der Waals surface area contributed by atoms with E-state index < -0.39 is 0 Å². The lowest BCUT2D eigenvalue weighted by atomic mass is 10.2. The largest absolute Gasteiger partial charge is 0.377 e. The molecule has 0 fully saturated rings. The molecular formula is C12H23N3O. The maximum atomic E-state index is 5.67. The summed E-state index contributed by atoms with van der Waals surface area (Å²) >= 11 is 0. The number of aromatic nitrogens is 2. The van der Waals surface area contributed by atoms with Gasteiger partial charge in [0.25, 0.3) is 0 Å². The van der Waals surface area contributed by atoms with Gasteiger partial charge in [-0.25, -0.2) is 0 Å². The van der Waals surface area contributed by atoms with Crippen LogP contribution in [-0.4, -0.2) is 23.4 Å². The lowest BCUT2D eigenvalue weighted by Crippen LogP contribution is -2.02. The van der Waals surface area contributed by atoms with E-state index in [4.69, 9.17) is 4.74 Å². The molecule has 1 aromatic rings. The first-order chi connectivity index (χ1) is 7.70. The number of ether oxygens (including phenoxy) is 1. The second-order valence-corrected chi connectivity index (χ2v) is 4.05. The highest BCUT2D eigenvalue weighted by Gasteiger charge is 2.11. The fraction of sp³-hybridized carbons (Fsp3) is 0.750. The van der Waals surface area contributed by atoms with Gasteiger partial charge in [0.15, 0.2) is 0 Å². The van der Waals surface area contributed by atoms with Gasteiger partial charge in [0, 0.05) is 26.3 Å². The molecular weight excluding hydrogens is 202 g/mol. The van der Waals surface area contributed by atoms with Crippen LogP contribution in [-0.2, 0) is 18.4 Å². The second kappa shape index (κ2) is 6.53. The normalized spacial score (nSPS) is 10.8. The Kier molecular flexibility index (Phi) is 5.32. The minimum absolute atomic E-state index is 0.652. The highest BCUT2D eigenvalue weighted by Crippen LogP contribution is 2.19. The van der Waals surface area contributed by atoms with Gasteiger partial charge in [-0.05, 0) is 13.3 Å². The van der Waals surface area contributed by atoms with Crippen LogP contribution in [0.2, 0.25) is 0 Å². The average molecular weight is 225 g/mol. The highest BCUT2D eigenvalue weighted by atomic mass is 16.5. The van der Waals surface area contributed by atoms with Crippen molar-refractivity contribution in [2.45, 2.75) is 39.7 Å². The predicted molar refractivity (Wildman–Crippen MR) is 66.7 cm³/mol. The fourth-order valence-corrected chi connectivity index (χ4v) is 1.82. The Morgan fingerprint density at radius 1 is 1.38 bits per heavy atom. The number of anilines is 1. The summed E-state index contributed by atoms with van der Waals surface area (Å²) in [5, 5.41) is 7.53. The van der Waals surface area contributed by atoms with Crippen molar-refractivity contribution in [2.24, 2.45) is 7.05 Å². The summed E-state index contributed by atoms with van der Waals surface area (Å²) in [5.74, 6) is 1.05. The number of nitrogens with zero attached hydrogens (tertiary/aromatic N) is 2. The van der Waals surface area contributed by atoms with Crippen LogP contribution in [0, 0.1) is 6.92 Å². The van der Waals surface area contributed by atoms with Crippen LogP contribution < -0.4 is 5.32 Å². The van der Waals surface area contributed by atoms with Crippen LogP contribution in [0.1, 0.15) is 37.4 Å². The standard InChI is InChI=1S/C12H23N3O/c1-5-6-7-8-16-9-11-10(2)14-15(4)12(11)13-3/h13H,5-9H2,1-4H3. The van der Waals surface area contributed by atoms with E-state index in [-0.39, 0.29) is 0 Å². The molecule has 0 aromatic carbocycles. The Morgan fingerprint density at radius 2 is 2.12 bits per heavy atom. The first kappa shape index (κ1) is 13.0. The zero-order valence-electron chi connectivity index (χ0n) is 10.8. The van der Waals surface area contributed by atoms with Gasteiger partial charge in [-0.2, -0.15) is 5.10 Å². The number of unbranched alkanes of at least 4 members (excludes halogenated alkanes) is 2. The van der Waals surface area contributed by atoms with Crippen LogP contribution in [0.4, 0.5) is 5.82 Å². The summed E-state index contributed by atoms with van der Waals surface area (Å²) in [6, 6.07) is 0. The summed E-state index contributed by atoms with van der Waals surface area (Å²) < 4.78 is 7.53. The van der Waals surface area contributed by atoms with Crippen molar-refractivity contribution in [3.05, 3.63) is 11.3 Å². The van der Waals surface area contributed by atoms with Gasteiger partial charge in [-0.1, -0.05) is 19.8 Å². The molecule has 1 aromatic heterocycles.